The largest absolute Gasteiger partial charge is 0.390 e. The van der Waals surface area contributed by atoms with E-state index in [1.54, 1.807) is 13.8 Å². The lowest BCUT2D eigenvalue weighted by molar-refractivity contribution is -0.273. The van der Waals surface area contributed by atoms with Crippen LogP contribution in [0.25, 0.3) is 0 Å². The van der Waals surface area contributed by atoms with Crippen LogP contribution >= 0.6 is 0 Å². The average molecular weight is 204 g/mol. The predicted molar refractivity (Wildman–Crippen MR) is 51.6 cm³/mol. The number of aliphatic hydroxyl groups is 2. The SMILES string of the molecule is CC[C@@H](O)[C@@H]1CC[C@@H](OC(C)(C)O)O1. The lowest BCUT2D eigenvalue weighted by Gasteiger charge is -2.24. The van der Waals surface area contributed by atoms with E-state index >= 15 is 0 Å². The zero-order chi connectivity index (χ0) is 10.8. The number of aliphatic hydroxyl groups excluding tert-OH is 1. The molecule has 1 saturated heterocycles. The zero-order valence-corrected chi connectivity index (χ0v) is 9.06. The van der Waals surface area contributed by atoms with Crippen LogP contribution in [0.15, 0.2) is 0 Å². The summed E-state index contributed by atoms with van der Waals surface area (Å²) in [4.78, 5) is 0. The van der Waals surface area contributed by atoms with Crippen molar-refractivity contribution in [2.45, 2.75) is 64.3 Å². The fourth-order valence-corrected chi connectivity index (χ4v) is 1.59. The Bertz CT molecular complexity index is 175. The summed E-state index contributed by atoms with van der Waals surface area (Å²) >= 11 is 0. The minimum absolute atomic E-state index is 0.146. The first-order chi connectivity index (χ1) is 6.42. The highest BCUT2D eigenvalue weighted by atomic mass is 16.7. The van der Waals surface area contributed by atoms with Gasteiger partial charge in [-0.2, -0.15) is 0 Å². The van der Waals surface area contributed by atoms with Gasteiger partial charge in [0, 0.05) is 6.42 Å². The van der Waals surface area contributed by atoms with Crippen LogP contribution in [0.3, 0.4) is 0 Å². The third-order valence-electron chi connectivity index (χ3n) is 2.28. The molecule has 0 aromatic carbocycles. The van der Waals surface area contributed by atoms with Gasteiger partial charge in [-0.25, -0.2) is 0 Å². The highest BCUT2D eigenvalue weighted by Gasteiger charge is 2.33. The maximum Gasteiger partial charge on any atom is 0.162 e. The van der Waals surface area contributed by atoms with E-state index in [4.69, 9.17) is 9.47 Å². The number of rotatable bonds is 4. The first kappa shape index (κ1) is 11.9. The van der Waals surface area contributed by atoms with Crippen molar-refractivity contribution < 1.29 is 19.7 Å². The molecular weight excluding hydrogens is 184 g/mol. The topological polar surface area (TPSA) is 58.9 Å². The Hall–Kier alpha value is -0.160. The van der Waals surface area contributed by atoms with E-state index in [0.717, 1.165) is 12.8 Å². The van der Waals surface area contributed by atoms with Gasteiger partial charge in [0.25, 0.3) is 0 Å². The zero-order valence-electron chi connectivity index (χ0n) is 9.06. The van der Waals surface area contributed by atoms with Crippen LogP contribution in [0.1, 0.15) is 40.0 Å². The normalized spacial score (nSPS) is 30.6. The van der Waals surface area contributed by atoms with Crippen LogP contribution < -0.4 is 0 Å². The van der Waals surface area contributed by atoms with Gasteiger partial charge in [-0.15, -0.1) is 0 Å². The maximum absolute atomic E-state index is 9.53. The molecule has 1 rings (SSSR count). The van der Waals surface area contributed by atoms with Gasteiger partial charge >= 0.3 is 0 Å². The second kappa shape index (κ2) is 4.57. The molecule has 84 valence electrons. The molecule has 1 aliphatic rings. The van der Waals surface area contributed by atoms with Gasteiger partial charge in [-0.1, -0.05) is 6.92 Å². The van der Waals surface area contributed by atoms with Gasteiger partial charge in [-0.05, 0) is 26.7 Å². The number of ether oxygens (including phenoxy) is 2. The summed E-state index contributed by atoms with van der Waals surface area (Å²) in [6.45, 7) is 5.05. The van der Waals surface area contributed by atoms with E-state index in [0.29, 0.717) is 6.42 Å². The Morgan fingerprint density at radius 2 is 2.14 bits per heavy atom. The first-order valence-corrected chi connectivity index (χ1v) is 5.16. The fraction of sp³-hybridized carbons (Fsp3) is 1.00. The second-order valence-electron chi connectivity index (χ2n) is 4.22. The van der Waals surface area contributed by atoms with Crippen LogP contribution in [-0.2, 0) is 9.47 Å². The smallest absolute Gasteiger partial charge is 0.162 e. The summed E-state index contributed by atoms with van der Waals surface area (Å²) in [5.74, 6) is -1.17. The predicted octanol–water partition coefficient (Wildman–Crippen LogP) is 1.01. The molecule has 0 aliphatic carbocycles. The van der Waals surface area contributed by atoms with Gasteiger partial charge in [0.05, 0.1) is 12.2 Å². The Kier molecular flexibility index (Phi) is 3.89. The van der Waals surface area contributed by atoms with E-state index in [1.165, 1.54) is 0 Å². The molecule has 0 saturated carbocycles. The van der Waals surface area contributed by atoms with Crippen molar-refractivity contribution in [2.75, 3.05) is 0 Å². The highest BCUT2D eigenvalue weighted by Crippen LogP contribution is 2.26. The molecule has 4 heteroatoms. The van der Waals surface area contributed by atoms with Crippen molar-refractivity contribution >= 4 is 0 Å². The van der Waals surface area contributed by atoms with Crippen molar-refractivity contribution in [2.24, 2.45) is 0 Å². The third kappa shape index (κ3) is 3.53. The molecule has 0 aromatic rings. The van der Waals surface area contributed by atoms with Crippen molar-refractivity contribution in [1.29, 1.82) is 0 Å². The summed E-state index contributed by atoms with van der Waals surface area (Å²) < 4.78 is 10.7. The van der Waals surface area contributed by atoms with E-state index in [2.05, 4.69) is 0 Å². The van der Waals surface area contributed by atoms with E-state index in [-0.39, 0.29) is 12.4 Å². The lowest BCUT2D eigenvalue weighted by atomic mass is 10.1. The minimum atomic E-state index is -1.17. The first-order valence-electron chi connectivity index (χ1n) is 5.16. The molecule has 0 unspecified atom stereocenters. The average Bonchev–Trinajstić information content (AvgIpc) is 2.48. The second-order valence-corrected chi connectivity index (χ2v) is 4.22. The monoisotopic (exact) mass is 204 g/mol. The molecule has 0 aromatic heterocycles. The van der Waals surface area contributed by atoms with Crippen molar-refractivity contribution in [3.8, 4) is 0 Å². The summed E-state index contributed by atoms with van der Waals surface area (Å²) in [6, 6.07) is 0. The highest BCUT2D eigenvalue weighted by molar-refractivity contribution is 4.75. The van der Waals surface area contributed by atoms with Crippen LogP contribution in [0.4, 0.5) is 0 Å². The van der Waals surface area contributed by atoms with Gasteiger partial charge in [0.2, 0.25) is 0 Å². The van der Waals surface area contributed by atoms with Gasteiger partial charge in [0.1, 0.15) is 0 Å². The molecule has 3 atom stereocenters. The van der Waals surface area contributed by atoms with Crippen molar-refractivity contribution in [1.82, 2.24) is 0 Å². The molecule has 1 aliphatic heterocycles. The fourth-order valence-electron chi connectivity index (χ4n) is 1.59. The summed E-state index contributed by atoms with van der Waals surface area (Å²) in [7, 11) is 0. The molecular formula is C10H20O4. The standard InChI is InChI=1S/C10H20O4/c1-4-7(11)8-5-6-9(13-8)14-10(2,3)12/h7-9,11-12H,4-6H2,1-3H3/t7-,8+,9-/m1/s1. The van der Waals surface area contributed by atoms with Crippen LogP contribution in [0.5, 0.6) is 0 Å². The molecule has 1 heterocycles. The molecule has 2 N–H and O–H groups in total. The van der Waals surface area contributed by atoms with E-state index in [1.807, 2.05) is 6.92 Å². The van der Waals surface area contributed by atoms with Gasteiger partial charge in [-0.3, -0.25) is 0 Å². The van der Waals surface area contributed by atoms with Crippen LogP contribution in [-0.4, -0.2) is 34.5 Å². The van der Waals surface area contributed by atoms with Crippen molar-refractivity contribution in [3.05, 3.63) is 0 Å². The van der Waals surface area contributed by atoms with Gasteiger partial charge in [0.15, 0.2) is 12.1 Å². The Morgan fingerprint density at radius 3 is 2.64 bits per heavy atom. The summed E-state index contributed by atoms with van der Waals surface area (Å²) in [6.07, 6.45) is 1.24. The molecule has 0 radical (unpaired) electrons. The number of hydrogen-bond acceptors (Lipinski definition) is 4. The van der Waals surface area contributed by atoms with E-state index in [9.17, 15) is 10.2 Å². The Balaban J connectivity index is 2.34. The maximum atomic E-state index is 9.53. The Morgan fingerprint density at radius 1 is 1.50 bits per heavy atom. The molecule has 14 heavy (non-hydrogen) atoms. The van der Waals surface area contributed by atoms with Crippen molar-refractivity contribution in [3.63, 3.8) is 0 Å². The van der Waals surface area contributed by atoms with Gasteiger partial charge < -0.3 is 19.7 Å². The quantitative estimate of drug-likeness (QED) is 0.671. The molecule has 0 spiro atoms. The van der Waals surface area contributed by atoms with E-state index < -0.39 is 11.9 Å². The summed E-state index contributed by atoms with van der Waals surface area (Å²) in [5, 5.41) is 18.9. The summed E-state index contributed by atoms with van der Waals surface area (Å²) in [5.41, 5.74) is 0. The Labute approximate surface area is 84.8 Å². The molecule has 0 bridgehead atoms. The minimum Gasteiger partial charge on any atom is -0.390 e. The van der Waals surface area contributed by atoms with Crippen LogP contribution in [0.2, 0.25) is 0 Å². The molecule has 4 nitrogen and oxygen atoms in total. The van der Waals surface area contributed by atoms with Crippen LogP contribution in [0, 0.1) is 0 Å². The lowest BCUT2D eigenvalue weighted by Crippen LogP contribution is -2.32. The number of hydrogen-bond donors (Lipinski definition) is 2. The molecule has 0 amide bonds. The molecule has 1 fully saturated rings. The third-order valence-corrected chi connectivity index (χ3v) is 2.28.